The molecule has 7 heteroatoms. The minimum atomic E-state index is -2.86. The molecule has 0 amide bonds. The number of rotatable bonds is 6. The number of guanidine groups is 1. The predicted molar refractivity (Wildman–Crippen MR) is 114 cm³/mol. The van der Waals surface area contributed by atoms with E-state index in [1.807, 2.05) is 66.5 Å². The number of anilines is 2. The van der Waals surface area contributed by atoms with Crippen LogP contribution in [0.4, 0.5) is 20.2 Å². The van der Waals surface area contributed by atoms with Gasteiger partial charge in [-0.05, 0) is 47.5 Å². The van der Waals surface area contributed by atoms with E-state index in [0.29, 0.717) is 12.5 Å². The van der Waals surface area contributed by atoms with Crippen molar-refractivity contribution in [3.8, 4) is 5.75 Å². The smallest absolute Gasteiger partial charge is 0.387 e. The van der Waals surface area contributed by atoms with Gasteiger partial charge in [0.1, 0.15) is 11.3 Å². The second-order valence-electron chi connectivity index (χ2n) is 7.16. The molecule has 30 heavy (non-hydrogen) atoms. The van der Waals surface area contributed by atoms with Gasteiger partial charge >= 0.3 is 6.61 Å². The third-order valence-electron chi connectivity index (χ3n) is 5.12. The third kappa shape index (κ3) is 3.91. The molecule has 154 valence electrons. The fourth-order valence-corrected chi connectivity index (χ4v) is 3.67. The number of nitrogens with zero attached hydrogens (tertiary/aromatic N) is 2. The number of hydrogen-bond acceptors (Lipinski definition) is 5. The number of benzene rings is 3. The van der Waals surface area contributed by atoms with Crippen LogP contribution in [0.25, 0.3) is 0 Å². The molecule has 1 unspecified atom stereocenters. The van der Waals surface area contributed by atoms with Crippen LogP contribution in [-0.2, 0) is 5.54 Å². The molecule has 0 saturated carbocycles. The first-order valence-corrected chi connectivity index (χ1v) is 9.51. The van der Waals surface area contributed by atoms with Crippen LogP contribution >= 0.6 is 0 Å². The fourth-order valence-electron chi connectivity index (χ4n) is 3.67. The van der Waals surface area contributed by atoms with Crippen molar-refractivity contribution in [2.75, 3.05) is 18.9 Å². The van der Waals surface area contributed by atoms with E-state index in [4.69, 9.17) is 10.7 Å². The Balaban J connectivity index is 1.72. The Hall–Kier alpha value is -3.61. The van der Waals surface area contributed by atoms with Gasteiger partial charge in [0.05, 0.1) is 6.54 Å². The molecule has 0 radical (unpaired) electrons. The first-order chi connectivity index (χ1) is 14.5. The molecule has 0 aromatic heterocycles. The first-order valence-electron chi connectivity index (χ1n) is 9.51. The molecule has 0 bridgehead atoms. The highest BCUT2D eigenvalue weighted by Crippen LogP contribution is 2.39. The van der Waals surface area contributed by atoms with E-state index in [1.54, 1.807) is 12.1 Å². The van der Waals surface area contributed by atoms with Crippen LogP contribution in [0.3, 0.4) is 0 Å². The lowest BCUT2D eigenvalue weighted by atomic mass is 9.83. The van der Waals surface area contributed by atoms with Gasteiger partial charge in [0.2, 0.25) is 0 Å². The normalized spacial score (nSPS) is 18.4. The summed E-state index contributed by atoms with van der Waals surface area (Å²) in [6.45, 7) is -2.33. The largest absolute Gasteiger partial charge is 0.435 e. The summed E-state index contributed by atoms with van der Waals surface area (Å²) < 4.78 is 29.5. The fraction of sp³-hybridized carbons (Fsp3) is 0.174. The van der Waals surface area contributed by atoms with Crippen molar-refractivity contribution < 1.29 is 13.5 Å². The Morgan fingerprint density at radius 1 is 0.967 bits per heavy atom. The second-order valence-corrected chi connectivity index (χ2v) is 7.16. The molecule has 4 rings (SSSR count). The van der Waals surface area contributed by atoms with Crippen molar-refractivity contribution in [2.45, 2.75) is 12.2 Å². The molecule has 0 fully saturated rings. The van der Waals surface area contributed by atoms with Crippen LogP contribution in [-0.4, -0.2) is 31.1 Å². The minimum absolute atomic E-state index is 0.103. The molecular formula is C23H22F2N4O. The Morgan fingerprint density at radius 3 is 2.30 bits per heavy atom. The third-order valence-corrected chi connectivity index (χ3v) is 5.12. The zero-order chi connectivity index (χ0) is 21.1. The zero-order valence-corrected chi connectivity index (χ0v) is 16.4. The summed E-state index contributed by atoms with van der Waals surface area (Å²) in [5.74, 6) is 0.524. The molecule has 0 spiro atoms. The number of likely N-dealkylation sites (N-methyl/N-ethyl adjacent to an activating group) is 1. The number of nitrogens with one attached hydrogen (secondary N) is 1. The van der Waals surface area contributed by atoms with E-state index in [9.17, 15) is 8.78 Å². The number of alkyl halides is 2. The molecular weight excluding hydrogens is 386 g/mol. The van der Waals surface area contributed by atoms with Gasteiger partial charge in [0, 0.05) is 18.4 Å². The number of hydrogen-bond donors (Lipinski definition) is 2. The first kappa shape index (κ1) is 19.7. The Morgan fingerprint density at radius 2 is 1.67 bits per heavy atom. The van der Waals surface area contributed by atoms with E-state index in [-0.39, 0.29) is 5.75 Å². The van der Waals surface area contributed by atoms with Crippen LogP contribution in [0.2, 0.25) is 0 Å². The molecule has 1 heterocycles. The van der Waals surface area contributed by atoms with Crippen LogP contribution in [0.15, 0.2) is 83.9 Å². The van der Waals surface area contributed by atoms with Gasteiger partial charge in [-0.15, -0.1) is 0 Å². The van der Waals surface area contributed by atoms with Crippen LogP contribution in [0.5, 0.6) is 5.75 Å². The number of halogens is 2. The molecule has 1 atom stereocenters. The van der Waals surface area contributed by atoms with E-state index in [2.05, 4.69) is 10.1 Å². The maximum absolute atomic E-state index is 12.5. The van der Waals surface area contributed by atoms with E-state index >= 15 is 0 Å². The van der Waals surface area contributed by atoms with Crippen LogP contribution < -0.4 is 15.8 Å². The number of para-hydroxylation sites is 1. The van der Waals surface area contributed by atoms with Crippen LogP contribution in [0.1, 0.15) is 11.1 Å². The predicted octanol–water partition coefficient (Wildman–Crippen LogP) is 4.54. The molecule has 3 N–H and O–H groups in total. The van der Waals surface area contributed by atoms with Crippen molar-refractivity contribution in [3.63, 3.8) is 0 Å². The molecule has 1 aliphatic rings. The number of ether oxygens (including phenoxy) is 1. The average molecular weight is 408 g/mol. The monoisotopic (exact) mass is 408 g/mol. The standard InChI is InChI=1S/C23H22F2N4O/c1-29-15-23(28-22(29)26,16-10-12-20(13-11-16)30-21(24)25)17-6-5-9-19(14-17)27-18-7-3-2-4-8-18/h2-14,21,27H,15H2,1H3,(H2,26,28). The van der Waals surface area contributed by atoms with Crippen molar-refractivity contribution >= 4 is 17.3 Å². The Bertz CT molecular complexity index is 1040. The zero-order valence-electron chi connectivity index (χ0n) is 16.4. The van der Waals surface area contributed by atoms with Gasteiger partial charge in [-0.25, -0.2) is 4.99 Å². The van der Waals surface area contributed by atoms with Gasteiger partial charge in [0.15, 0.2) is 5.96 Å². The molecule has 3 aromatic carbocycles. The minimum Gasteiger partial charge on any atom is -0.435 e. The second kappa shape index (κ2) is 8.02. The van der Waals surface area contributed by atoms with Gasteiger partial charge in [-0.3, -0.25) is 0 Å². The van der Waals surface area contributed by atoms with Crippen molar-refractivity contribution in [1.82, 2.24) is 4.90 Å². The van der Waals surface area contributed by atoms with Gasteiger partial charge in [-0.2, -0.15) is 8.78 Å². The highest BCUT2D eigenvalue weighted by atomic mass is 19.3. The maximum atomic E-state index is 12.5. The number of nitrogens with two attached hydrogens (primary N) is 1. The van der Waals surface area contributed by atoms with Gasteiger partial charge in [0.25, 0.3) is 0 Å². The summed E-state index contributed by atoms with van der Waals surface area (Å²) in [6, 6.07) is 24.4. The highest BCUT2D eigenvalue weighted by Gasteiger charge is 2.41. The molecule has 1 aliphatic heterocycles. The average Bonchev–Trinajstić information content (AvgIpc) is 3.05. The van der Waals surface area contributed by atoms with Gasteiger partial charge in [-0.1, -0.05) is 42.5 Å². The summed E-state index contributed by atoms with van der Waals surface area (Å²) in [6.07, 6.45) is 0. The summed E-state index contributed by atoms with van der Waals surface area (Å²) in [7, 11) is 1.88. The summed E-state index contributed by atoms with van der Waals surface area (Å²) in [5.41, 5.74) is 9.04. The van der Waals surface area contributed by atoms with Gasteiger partial charge < -0.3 is 20.7 Å². The Labute approximate surface area is 173 Å². The lowest BCUT2D eigenvalue weighted by Crippen LogP contribution is -2.34. The van der Waals surface area contributed by atoms with E-state index in [1.165, 1.54) is 12.1 Å². The SMILES string of the molecule is CN1CC(c2ccc(OC(F)F)cc2)(c2cccc(Nc3ccccc3)c2)N=C1N. The van der Waals surface area contributed by atoms with Crippen LogP contribution in [0, 0.1) is 0 Å². The molecule has 3 aromatic rings. The molecule has 5 nitrogen and oxygen atoms in total. The lowest BCUT2D eigenvalue weighted by Gasteiger charge is -2.28. The van der Waals surface area contributed by atoms with Crippen molar-refractivity contribution in [3.05, 3.63) is 90.0 Å². The maximum Gasteiger partial charge on any atom is 0.387 e. The number of aliphatic imine (C=N–C) groups is 1. The summed E-state index contributed by atoms with van der Waals surface area (Å²) in [4.78, 5) is 6.66. The molecule has 0 aliphatic carbocycles. The molecule has 0 saturated heterocycles. The van der Waals surface area contributed by atoms with E-state index in [0.717, 1.165) is 22.5 Å². The lowest BCUT2D eigenvalue weighted by molar-refractivity contribution is -0.0498. The quantitative estimate of drug-likeness (QED) is 0.629. The summed E-state index contributed by atoms with van der Waals surface area (Å²) in [5, 5.41) is 3.39. The van der Waals surface area contributed by atoms with Crippen molar-refractivity contribution in [2.24, 2.45) is 10.7 Å². The summed E-state index contributed by atoms with van der Waals surface area (Å²) >= 11 is 0. The highest BCUT2D eigenvalue weighted by molar-refractivity contribution is 5.81. The topological polar surface area (TPSA) is 62.9 Å². The Kier molecular flexibility index (Phi) is 5.27. The van der Waals surface area contributed by atoms with Crippen molar-refractivity contribution in [1.29, 1.82) is 0 Å². The van der Waals surface area contributed by atoms with E-state index < -0.39 is 12.2 Å².